The van der Waals surface area contributed by atoms with E-state index in [2.05, 4.69) is 13.0 Å². The number of esters is 1. The number of hydrogen-bond acceptors (Lipinski definition) is 4. The van der Waals surface area contributed by atoms with Gasteiger partial charge >= 0.3 is 5.97 Å². The number of carbonyl (C=O) groups excluding carboxylic acids is 1. The van der Waals surface area contributed by atoms with Gasteiger partial charge in [-0.3, -0.25) is 4.79 Å². The van der Waals surface area contributed by atoms with Crippen LogP contribution in [0.25, 0.3) is 0 Å². The van der Waals surface area contributed by atoms with Crippen molar-refractivity contribution in [2.45, 2.75) is 116 Å². The van der Waals surface area contributed by atoms with Crippen molar-refractivity contribution in [2.24, 2.45) is 5.92 Å². The largest absolute Gasteiger partial charge is 0.466 e. The number of hydrogen-bond donors (Lipinski definition) is 2. The Morgan fingerprint density at radius 1 is 1.19 bits per heavy atom. The molecule has 1 unspecified atom stereocenters. The first kappa shape index (κ1) is 24.2. The standard InChI is InChI=1S/C23H42O4/c1-4-6-11-17-23(3,26)18-16-19-14-15-21(24)20(19)12-9-7-8-10-13-22(25)27-5-2/h16,20-21,24,26H,4-15,17-18H2,1-3H3/t20-,21+,23?/m1/s1. The van der Waals surface area contributed by atoms with Crippen molar-refractivity contribution >= 4 is 5.97 Å². The van der Waals surface area contributed by atoms with Crippen LogP contribution in [-0.4, -0.2) is 34.5 Å². The molecule has 0 bridgehead atoms. The molecule has 1 saturated carbocycles. The molecule has 0 amide bonds. The summed E-state index contributed by atoms with van der Waals surface area (Å²) in [7, 11) is 0. The molecule has 2 N–H and O–H groups in total. The summed E-state index contributed by atoms with van der Waals surface area (Å²) in [5.74, 6) is 0.154. The molecule has 0 aromatic carbocycles. The molecule has 3 atom stereocenters. The van der Waals surface area contributed by atoms with Crippen LogP contribution in [-0.2, 0) is 9.53 Å². The van der Waals surface area contributed by atoms with Gasteiger partial charge in [0.05, 0.1) is 18.3 Å². The minimum atomic E-state index is -0.632. The Morgan fingerprint density at radius 2 is 1.93 bits per heavy atom. The van der Waals surface area contributed by atoms with Crippen molar-refractivity contribution in [3.8, 4) is 0 Å². The van der Waals surface area contributed by atoms with E-state index >= 15 is 0 Å². The molecule has 0 radical (unpaired) electrons. The highest BCUT2D eigenvalue weighted by Gasteiger charge is 2.30. The molecule has 1 aliphatic rings. The Morgan fingerprint density at radius 3 is 2.63 bits per heavy atom. The van der Waals surface area contributed by atoms with Crippen LogP contribution in [0.5, 0.6) is 0 Å². The van der Waals surface area contributed by atoms with E-state index in [1.165, 1.54) is 18.4 Å². The lowest BCUT2D eigenvalue weighted by molar-refractivity contribution is -0.143. The van der Waals surface area contributed by atoms with E-state index < -0.39 is 5.60 Å². The van der Waals surface area contributed by atoms with E-state index in [1.807, 2.05) is 13.8 Å². The van der Waals surface area contributed by atoms with Crippen LogP contribution in [0, 0.1) is 5.92 Å². The highest BCUT2D eigenvalue weighted by molar-refractivity contribution is 5.69. The van der Waals surface area contributed by atoms with Crippen molar-refractivity contribution in [2.75, 3.05) is 6.61 Å². The van der Waals surface area contributed by atoms with Crippen LogP contribution in [0.2, 0.25) is 0 Å². The second kappa shape index (κ2) is 13.3. The second-order valence-corrected chi connectivity index (χ2v) is 8.41. The van der Waals surface area contributed by atoms with Gasteiger partial charge in [0.25, 0.3) is 0 Å². The normalized spacial score (nSPS) is 23.5. The van der Waals surface area contributed by atoms with E-state index in [-0.39, 0.29) is 18.0 Å². The van der Waals surface area contributed by atoms with Gasteiger partial charge < -0.3 is 14.9 Å². The minimum Gasteiger partial charge on any atom is -0.466 e. The molecule has 27 heavy (non-hydrogen) atoms. The molecule has 4 heteroatoms. The minimum absolute atomic E-state index is 0.0973. The van der Waals surface area contributed by atoms with Crippen LogP contribution in [0.4, 0.5) is 0 Å². The SMILES string of the molecule is CCCCCC(C)(O)CC=C1CC[C@H](O)[C@@H]1CCCCCCC(=O)OCC. The van der Waals surface area contributed by atoms with Crippen LogP contribution in [0.3, 0.4) is 0 Å². The lowest BCUT2D eigenvalue weighted by atomic mass is 9.89. The van der Waals surface area contributed by atoms with Gasteiger partial charge in [0, 0.05) is 12.3 Å². The summed E-state index contributed by atoms with van der Waals surface area (Å²) in [6.07, 6.45) is 14.3. The number of aliphatic hydroxyl groups is 2. The smallest absolute Gasteiger partial charge is 0.305 e. The lowest BCUT2D eigenvalue weighted by Crippen LogP contribution is -2.23. The maximum atomic E-state index is 11.3. The summed E-state index contributed by atoms with van der Waals surface area (Å²) >= 11 is 0. The molecule has 0 aliphatic heterocycles. The first-order valence-electron chi connectivity index (χ1n) is 11.1. The zero-order valence-electron chi connectivity index (χ0n) is 17.8. The van der Waals surface area contributed by atoms with E-state index in [0.717, 1.165) is 57.8 Å². The Labute approximate surface area is 166 Å². The van der Waals surface area contributed by atoms with Gasteiger partial charge in [0.15, 0.2) is 0 Å². The summed E-state index contributed by atoms with van der Waals surface area (Å²) in [6.45, 7) is 6.40. The molecule has 1 fully saturated rings. The van der Waals surface area contributed by atoms with Crippen molar-refractivity contribution in [1.82, 2.24) is 0 Å². The van der Waals surface area contributed by atoms with Crippen molar-refractivity contribution < 1.29 is 19.7 Å². The lowest BCUT2D eigenvalue weighted by Gasteiger charge is -2.23. The number of ether oxygens (including phenoxy) is 1. The van der Waals surface area contributed by atoms with Crippen LogP contribution >= 0.6 is 0 Å². The summed E-state index contributed by atoms with van der Waals surface area (Å²) in [5, 5.41) is 20.9. The van der Waals surface area contributed by atoms with Gasteiger partial charge in [-0.1, -0.05) is 57.1 Å². The van der Waals surface area contributed by atoms with Gasteiger partial charge in [0.1, 0.15) is 0 Å². The summed E-state index contributed by atoms with van der Waals surface area (Å²) in [5.41, 5.74) is 0.706. The Hall–Kier alpha value is -0.870. The van der Waals surface area contributed by atoms with Gasteiger partial charge in [0.2, 0.25) is 0 Å². The number of carbonyl (C=O) groups is 1. The van der Waals surface area contributed by atoms with Crippen molar-refractivity contribution in [3.63, 3.8) is 0 Å². The van der Waals surface area contributed by atoms with Gasteiger partial charge in [-0.05, 0) is 52.4 Å². The topological polar surface area (TPSA) is 66.8 Å². The van der Waals surface area contributed by atoms with Gasteiger partial charge in [-0.25, -0.2) is 0 Å². The second-order valence-electron chi connectivity index (χ2n) is 8.41. The predicted octanol–water partition coefficient (Wildman–Crippen LogP) is 5.31. The Bertz CT molecular complexity index is 442. The third-order valence-corrected chi connectivity index (χ3v) is 5.74. The fourth-order valence-electron chi connectivity index (χ4n) is 4.01. The number of rotatable bonds is 14. The van der Waals surface area contributed by atoms with Crippen LogP contribution in [0.1, 0.15) is 104 Å². The Kier molecular flexibility index (Phi) is 11.9. The third kappa shape index (κ3) is 10.3. The van der Waals surface area contributed by atoms with E-state index in [9.17, 15) is 15.0 Å². The average Bonchev–Trinajstić information content (AvgIpc) is 2.97. The summed E-state index contributed by atoms with van der Waals surface area (Å²) in [4.78, 5) is 11.3. The van der Waals surface area contributed by atoms with Crippen LogP contribution in [0.15, 0.2) is 11.6 Å². The molecule has 0 aromatic rings. The fraction of sp³-hybridized carbons (Fsp3) is 0.870. The molecule has 158 valence electrons. The molecule has 0 saturated heterocycles. The molecule has 4 nitrogen and oxygen atoms in total. The zero-order valence-corrected chi connectivity index (χ0v) is 17.8. The van der Waals surface area contributed by atoms with Crippen LogP contribution < -0.4 is 0 Å². The number of unbranched alkanes of at least 4 members (excludes halogenated alkanes) is 5. The van der Waals surface area contributed by atoms with E-state index in [4.69, 9.17) is 4.74 Å². The third-order valence-electron chi connectivity index (χ3n) is 5.74. The number of aliphatic hydroxyl groups excluding tert-OH is 1. The maximum Gasteiger partial charge on any atom is 0.305 e. The van der Waals surface area contributed by atoms with Gasteiger partial charge in [-0.2, -0.15) is 0 Å². The fourth-order valence-corrected chi connectivity index (χ4v) is 4.01. The monoisotopic (exact) mass is 382 g/mol. The highest BCUT2D eigenvalue weighted by atomic mass is 16.5. The summed E-state index contributed by atoms with van der Waals surface area (Å²) in [6, 6.07) is 0. The first-order chi connectivity index (χ1) is 12.9. The average molecular weight is 383 g/mol. The molecular formula is C23H42O4. The molecule has 1 rings (SSSR count). The van der Waals surface area contributed by atoms with Gasteiger partial charge in [-0.15, -0.1) is 0 Å². The first-order valence-corrected chi connectivity index (χ1v) is 11.1. The molecular weight excluding hydrogens is 340 g/mol. The maximum absolute atomic E-state index is 11.3. The van der Waals surface area contributed by atoms with Crippen molar-refractivity contribution in [3.05, 3.63) is 11.6 Å². The van der Waals surface area contributed by atoms with E-state index in [1.54, 1.807) is 0 Å². The quantitative estimate of drug-likeness (QED) is 0.243. The molecule has 0 aromatic heterocycles. The van der Waals surface area contributed by atoms with Crippen molar-refractivity contribution in [1.29, 1.82) is 0 Å². The predicted molar refractivity (Wildman–Crippen MR) is 111 cm³/mol. The molecule has 0 heterocycles. The van der Waals surface area contributed by atoms with E-state index in [0.29, 0.717) is 19.4 Å². The zero-order chi connectivity index (χ0) is 20.1. The summed E-state index contributed by atoms with van der Waals surface area (Å²) < 4.78 is 4.94. The Balaban J connectivity index is 2.32. The molecule has 1 aliphatic carbocycles. The highest BCUT2D eigenvalue weighted by Crippen LogP contribution is 2.36. The molecule has 0 spiro atoms.